The molecule has 8 aromatic carbocycles. The lowest BCUT2D eigenvalue weighted by Gasteiger charge is -2.32. The summed E-state index contributed by atoms with van der Waals surface area (Å²) in [5.41, 5.74) is 14.4. The Balaban J connectivity index is 0.000000166. The zero-order valence-electron chi connectivity index (χ0n) is 39.5. The summed E-state index contributed by atoms with van der Waals surface area (Å²) in [5.74, 6) is 1.32. The first-order chi connectivity index (χ1) is 34.0. The molecular weight excluding hydrogens is 879 g/mol. The van der Waals surface area contributed by atoms with Gasteiger partial charge in [-0.15, -0.1) is 0 Å². The largest absolute Gasteiger partial charge is 0.494 e. The van der Waals surface area contributed by atoms with Gasteiger partial charge in [0.2, 0.25) is 0 Å². The van der Waals surface area contributed by atoms with E-state index in [9.17, 15) is 0 Å². The fraction of sp³-hybridized carbons (Fsp3) is 0.0968. The molecular formula is C62H50BClN4O2. The number of benzene rings is 8. The molecule has 1 fully saturated rings. The van der Waals surface area contributed by atoms with E-state index < -0.39 is 18.3 Å². The Morgan fingerprint density at radius 2 is 0.614 bits per heavy atom. The lowest BCUT2D eigenvalue weighted by Crippen LogP contribution is -2.41. The number of rotatable bonds is 9. The van der Waals surface area contributed by atoms with E-state index >= 15 is 0 Å². The lowest BCUT2D eigenvalue weighted by atomic mass is 9.78. The first-order valence-electron chi connectivity index (χ1n) is 23.5. The van der Waals surface area contributed by atoms with Crippen molar-refractivity contribution in [1.29, 1.82) is 0 Å². The van der Waals surface area contributed by atoms with Crippen LogP contribution in [-0.4, -0.2) is 38.3 Å². The van der Waals surface area contributed by atoms with E-state index in [1.54, 1.807) is 0 Å². The molecule has 340 valence electrons. The maximum absolute atomic E-state index is 6.31. The second kappa shape index (κ2) is 20.0. The second-order valence-corrected chi connectivity index (χ2v) is 18.7. The van der Waals surface area contributed by atoms with Crippen LogP contribution in [0.1, 0.15) is 27.7 Å². The molecule has 0 radical (unpaired) electrons. The van der Waals surface area contributed by atoms with Gasteiger partial charge in [-0.25, -0.2) is 19.9 Å². The van der Waals surface area contributed by atoms with Crippen molar-refractivity contribution in [3.63, 3.8) is 0 Å². The summed E-state index contributed by atoms with van der Waals surface area (Å²) in [6.07, 6.45) is 0. The van der Waals surface area contributed by atoms with Gasteiger partial charge in [-0.1, -0.05) is 218 Å². The fourth-order valence-electron chi connectivity index (χ4n) is 8.32. The van der Waals surface area contributed by atoms with Crippen LogP contribution in [0.4, 0.5) is 0 Å². The minimum absolute atomic E-state index is 0.406. The number of aromatic nitrogens is 4. The number of hydrogen-bond donors (Lipinski definition) is 0. The second-order valence-electron chi connectivity index (χ2n) is 18.3. The zero-order valence-corrected chi connectivity index (χ0v) is 40.3. The summed E-state index contributed by atoms with van der Waals surface area (Å²) in [7, 11) is -0.447. The predicted molar refractivity (Wildman–Crippen MR) is 288 cm³/mol. The molecule has 0 saturated carbocycles. The molecule has 1 aliphatic rings. The molecule has 3 heterocycles. The van der Waals surface area contributed by atoms with Crippen LogP contribution < -0.4 is 5.46 Å². The predicted octanol–water partition coefficient (Wildman–Crippen LogP) is 15.2. The summed E-state index contributed by atoms with van der Waals surface area (Å²) >= 11 is 6.23. The van der Waals surface area contributed by atoms with E-state index in [4.69, 9.17) is 40.8 Å². The molecule has 10 aromatic rings. The van der Waals surface area contributed by atoms with Gasteiger partial charge in [0.25, 0.3) is 0 Å². The third-order valence-electron chi connectivity index (χ3n) is 12.9. The SMILES string of the molecule is CC1(C)OB(c2cccc(-c3nc(-c4ccccc4)cc(-c4ccc(-c5ccccc5)cc4)n3)c2)OC1(C)C.Clc1cccc(-c2nc(-c3ccccc3)cc(-c3ccc(-c4ccccc4)cc3)n2)c1. The molecule has 0 N–H and O–H groups in total. The van der Waals surface area contributed by atoms with Crippen LogP contribution in [0.5, 0.6) is 0 Å². The summed E-state index contributed by atoms with van der Waals surface area (Å²) < 4.78 is 12.6. The molecule has 1 saturated heterocycles. The van der Waals surface area contributed by atoms with Crippen molar-refractivity contribution >= 4 is 24.2 Å². The summed E-state index contributed by atoms with van der Waals surface area (Å²) in [6, 6.07) is 78.2. The van der Waals surface area contributed by atoms with E-state index in [1.807, 2.05) is 97.1 Å². The molecule has 70 heavy (non-hydrogen) atoms. The highest BCUT2D eigenvalue weighted by Gasteiger charge is 2.51. The molecule has 0 aliphatic carbocycles. The highest BCUT2D eigenvalue weighted by Crippen LogP contribution is 2.37. The average molecular weight is 929 g/mol. The summed E-state index contributed by atoms with van der Waals surface area (Å²) in [5, 5.41) is 0.667. The average Bonchev–Trinajstić information content (AvgIpc) is 3.65. The molecule has 1 aliphatic heterocycles. The molecule has 0 bridgehead atoms. The smallest absolute Gasteiger partial charge is 0.399 e. The Labute approximate surface area is 415 Å². The van der Waals surface area contributed by atoms with Crippen molar-refractivity contribution in [2.45, 2.75) is 38.9 Å². The standard InChI is InChI=1S/C34H31BN2O2.C28H19ClN2/c1-33(2)34(3,4)39-35(38-33)29-17-11-16-28(22-29)32-36-30(26-14-9-6-10-15-26)23-31(37-32)27-20-18-25(19-21-27)24-12-7-5-8-13-24;29-25-13-7-12-24(18-25)28-30-26(22-10-5-2-6-11-22)19-27(31-28)23-16-14-21(15-17-23)20-8-3-1-4-9-20/h5-23H,1-4H3;1-19H. The number of nitrogens with zero attached hydrogens (tertiary/aromatic N) is 4. The zero-order chi connectivity index (χ0) is 48.1. The van der Waals surface area contributed by atoms with E-state index in [0.29, 0.717) is 16.7 Å². The van der Waals surface area contributed by atoms with Gasteiger partial charge in [0.1, 0.15) is 0 Å². The third kappa shape index (κ3) is 10.3. The molecule has 8 heteroatoms. The van der Waals surface area contributed by atoms with Crippen molar-refractivity contribution in [3.05, 3.63) is 236 Å². The van der Waals surface area contributed by atoms with Gasteiger partial charge in [-0.3, -0.25) is 0 Å². The van der Waals surface area contributed by atoms with Crippen LogP contribution in [-0.2, 0) is 9.31 Å². The summed E-state index contributed by atoms with van der Waals surface area (Å²) in [4.78, 5) is 19.7. The van der Waals surface area contributed by atoms with E-state index in [1.165, 1.54) is 22.3 Å². The maximum atomic E-state index is 6.31. The van der Waals surface area contributed by atoms with Crippen molar-refractivity contribution in [3.8, 4) is 90.1 Å². The van der Waals surface area contributed by atoms with Gasteiger partial charge in [-0.2, -0.15) is 0 Å². The topological polar surface area (TPSA) is 70.0 Å². The molecule has 6 nitrogen and oxygen atoms in total. The first kappa shape index (κ1) is 46.0. The Kier molecular flexibility index (Phi) is 13.2. The van der Waals surface area contributed by atoms with Crippen LogP contribution in [0.25, 0.3) is 90.1 Å². The maximum Gasteiger partial charge on any atom is 0.494 e. The third-order valence-corrected chi connectivity index (χ3v) is 13.2. The molecule has 2 aromatic heterocycles. The molecule has 0 spiro atoms. The van der Waals surface area contributed by atoms with Crippen molar-refractivity contribution in [2.75, 3.05) is 0 Å². The molecule has 0 amide bonds. The molecule has 0 unspecified atom stereocenters. The van der Waals surface area contributed by atoms with Crippen LogP contribution in [0.15, 0.2) is 231 Å². The molecule has 0 atom stereocenters. The highest BCUT2D eigenvalue weighted by molar-refractivity contribution is 6.62. The van der Waals surface area contributed by atoms with Crippen LogP contribution in [0, 0.1) is 0 Å². The monoisotopic (exact) mass is 928 g/mol. The fourth-order valence-corrected chi connectivity index (χ4v) is 8.51. The van der Waals surface area contributed by atoms with Crippen LogP contribution >= 0.6 is 11.6 Å². The van der Waals surface area contributed by atoms with E-state index in [-0.39, 0.29) is 0 Å². The Morgan fingerprint density at radius 1 is 0.314 bits per heavy atom. The quantitative estimate of drug-likeness (QED) is 0.134. The summed E-state index contributed by atoms with van der Waals surface area (Å²) in [6.45, 7) is 8.27. The van der Waals surface area contributed by atoms with E-state index in [2.05, 4.69) is 161 Å². The van der Waals surface area contributed by atoms with Gasteiger partial charge in [0.05, 0.1) is 34.0 Å². The van der Waals surface area contributed by atoms with Crippen LogP contribution in [0.3, 0.4) is 0 Å². The first-order valence-corrected chi connectivity index (χ1v) is 23.9. The van der Waals surface area contributed by atoms with Crippen molar-refractivity contribution in [1.82, 2.24) is 19.9 Å². The van der Waals surface area contributed by atoms with Gasteiger partial charge in [-0.05, 0) is 79.7 Å². The Bertz CT molecular complexity index is 3360. The van der Waals surface area contributed by atoms with Crippen molar-refractivity contribution in [2.24, 2.45) is 0 Å². The van der Waals surface area contributed by atoms with Gasteiger partial charge < -0.3 is 9.31 Å². The van der Waals surface area contributed by atoms with E-state index in [0.717, 1.165) is 61.6 Å². The number of halogens is 1. The van der Waals surface area contributed by atoms with Crippen LogP contribution in [0.2, 0.25) is 5.02 Å². The Hall–Kier alpha value is -7.81. The van der Waals surface area contributed by atoms with Gasteiger partial charge in [0.15, 0.2) is 11.6 Å². The van der Waals surface area contributed by atoms with Gasteiger partial charge >= 0.3 is 7.12 Å². The lowest BCUT2D eigenvalue weighted by molar-refractivity contribution is 0.00578. The normalized spacial score (nSPS) is 13.6. The minimum atomic E-state index is -0.447. The van der Waals surface area contributed by atoms with Crippen molar-refractivity contribution < 1.29 is 9.31 Å². The number of hydrogen-bond acceptors (Lipinski definition) is 6. The molecule has 11 rings (SSSR count). The minimum Gasteiger partial charge on any atom is -0.399 e. The Morgan fingerprint density at radius 3 is 1.00 bits per heavy atom. The van der Waals surface area contributed by atoms with Gasteiger partial charge in [0, 0.05) is 38.4 Å². The highest BCUT2D eigenvalue weighted by atomic mass is 35.5.